The van der Waals surface area contributed by atoms with Gasteiger partial charge in [0, 0.05) is 25.8 Å². The number of aromatic nitrogens is 1. The van der Waals surface area contributed by atoms with Gasteiger partial charge in [0.05, 0.1) is 18.6 Å². The Labute approximate surface area is 168 Å². The molecule has 5 aliphatic rings. The van der Waals surface area contributed by atoms with E-state index in [9.17, 15) is 4.79 Å². The fraction of sp³-hybridized carbons (Fsp3) is 0.739. The van der Waals surface area contributed by atoms with Gasteiger partial charge >= 0.3 is 0 Å². The van der Waals surface area contributed by atoms with Gasteiger partial charge in [0.25, 0.3) is 0 Å². The Hall–Kier alpha value is -1.62. The molecular formula is C23H33N3O2. The van der Waals surface area contributed by atoms with Crippen molar-refractivity contribution < 1.29 is 9.53 Å². The fourth-order valence-electron chi connectivity index (χ4n) is 7.57. The van der Waals surface area contributed by atoms with Crippen LogP contribution in [0.25, 0.3) is 0 Å². The molecule has 4 bridgehead atoms. The summed E-state index contributed by atoms with van der Waals surface area (Å²) in [7, 11) is 0. The van der Waals surface area contributed by atoms with Crippen LogP contribution >= 0.6 is 0 Å². The van der Waals surface area contributed by atoms with Gasteiger partial charge in [-0.25, -0.2) is 4.98 Å². The average molecular weight is 384 g/mol. The van der Waals surface area contributed by atoms with Gasteiger partial charge in [-0.1, -0.05) is 19.9 Å². The van der Waals surface area contributed by atoms with Crippen LogP contribution in [-0.2, 0) is 16.1 Å². The minimum Gasteiger partial charge on any atom is -0.378 e. The minimum absolute atomic E-state index is 0.135. The second kappa shape index (κ2) is 6.45. The van der Waals surface area contributed by atoms with Crippen molar-refractivity contribution in [2.24, 2.45) is 22.2 Å². The second-order valence-electron chi connectivity index (χ2n) is 10.7. The van der Waals surface area contributed by atoms with Gasteiger partial charge in [0.2, 0.25) is 5.91 Å². The lowest BCUT2D eigenvalue weighted by Crippen LogP contribution is -2.59. The van der Waals surface area contributed by atoms with Gasteiger partial charge < -0.3 is 15.0 Å². The summed E-state index contributed by atoms with van der Waals surface area (Å²) < 4.78 is 5.41. The maximum absolute atomic E-state index is 13.3. The fourth-order valence-corrected chi connectivity index (χ4v) is 7.57. The van der Waals surface area contributed by atoms with Crippen LogP contribution in [0.3, 0.4) is 0 Å². The molecule has 5 fully saturated rings. The Kier molecular flexibility index (Phi) is 4.24. The molecule has 1 aromatic heterocycles. The highest BCUT2D eigenvalue weighted by molar-refractivity contribution is 5.83. The topological polar surface area (TPSA) is 54.5 Å². The van der Waals surface area contributed by atoms with E-state index in [1.807, 2.05) is 6.20 Å². The molecular weight excluding hydrogens is 350 g/mol. The monoisotopic (exact) mass is 383 g/mol. The normalized spacial score (nSPS) is 39.2. The van der Waals surface area contributed by atoms with Crippen molar-refractivity contribution in [3.8, 4) is 0 Å². The van der Waals surface area contributed by atoms with E-state index in [1.54, 1.807) is 0 Å². The number of ether oxygens (including phenoxy) is 1. The van der Waals surface area contributed by atoms with Crippen molar-refractivity contribution in [1.29, 1.82) is 0 Å². The van der Waals surface area contributed by atoms with Gasteiger partial charge in [-0.3, -0.25) is 4.79 Å². The first-order chi connectivity index (χ1) is 13.4. The number of rotatable bonds is 4. The van der Waals surface area contributed by atoms with Gasteiger partial charge in [-0.2, -0.15) is 0 Å². The molecule has 0 radical (unpaired) electrons. The molecule has 6 rings (SSSR count). The van der Waals surface area contributed by atoms with E-state index in [2.05, 4.69) is 41.2 Å². The maximum Gasteiger partial charge on any atom is 0.226 e. The summed E-state index contributed by atoms with van der Waals surface area (Å²) in [6.07, 6.45) is 9.11. The van der Waals surface area contributed by atoms with Crippen LogP contribution in [0.5, 0.6) is 0 Å². The van der Waals surface area contributed by atoms with Crippen molar-refractivity contribution >= 4 is 11.7 Å². The van der Waals surface area contributed by atoms with Crippen LogP contribution in [0.1, 0.15) is 57.9 Å². The summed E-state index contributed by atoms with van der Waals surface area (Å²) >= 11 is 0. The van der Waals surface area contributed by atoms with Crippen LogP contribution in [0, 0.1) is 22.2 Å². The van der Waals surface area contributed by atoms with E-state index < -0.39 is 0 Å². The number of carbonyl (C=O) groups is 1. The zero-order chi connectivity index (χ0) is 19.4. The quantitative estimate of drug-likeness (QED) is 0.864. The summed E-state index contributed by atoms with van der Waals surface area (Å²) in [5.41, 5.74) is 1.68. The molecule has 2 atom stereocenters. The molecule has 1 aromatic rings. The number of amides is 1. The van der Waals surface area contributed by atoms with Crippen molar-refractivity contribution in [1.82, 2.24) is 10.3 Å². The minimum atomic E-state index is -0.135. The number of hydrogen-bond donors (Lipinski definition) is 1. The molecule has 1 saturated heterocycles. The smallest absolute Gasteiger partial charge is 0.226 e. The first kappa shape index (κ1) is 18.4. The number of morpholine rings is 1. The Morgan fingerprint density at radius 3 is 2.46 bits per heavy atom. The molecule has 5 nitrogen and oxygen atoms in total. The summed E-state index contributed by atoms with van der Waals surface area (Å²) in [4.78, 5) is 20.2. The van der Waals surface area contributed by atoms with Crippen LogP contribution in [0.15, 0.2) is 18.3 Å². The molecule has 5 heteroatoms. The third kappa shape index (κ3) is 3.22. The number of anilines is 1. The van der Waals surface area contributed by atoms with E-state index in [4.69, 9.17) is 4.74 Å². The number of pyridine rings is 1. The average Bonchev–Trinajstić information content (AvgIpc) is 2.64. The molecule has 1 amide bonds. The van der Waals surface area contributed by atoms with Gasteiger partial charge in [-0.05, 0) is 66.9 Å². The molecule has 2 unspecified atom stereocenters. The predicted octanol–water partition coefficient (Wildman–Crippen LogP) is 3.53. The summed E-state index contributed by atoms with van der Waals surface area (Å²) in [5, 5.41) is 3.28. The number of carbonyl (C=O) groups excluding carboxylic acids is 1. The molecule has 4 aliphatic carbocycles. The highest BCUT2D eigenvalue weighted by atomic mass is 16.5. The standard InChI is InChI=1S/C23H33N3O2/c1-21-9-18-10-22(2,14-21)16-23(11-18,15-21)20(27)25-13-17-3-4-19(24-12-17)26-5-7-28-8-6-26/h3-4,12,18H,5-11,13-16H2,1-2H3,(H,25,27). The first-order valence-electron chi connectivity index (χ1n) is 10.9. The predicted molar refractivity (Wildman–Crippen MR) is 109 cm³/mol. The van der Waals surface area contributed by atoms with Crippen LogP contribution < -0.4 is 10.2 Å². The van der Waals surface area contributed by atoms with Crippen molar-refractivity contribution in [3.05, 3.63) is 23.9 Å². The van der Waals surface area contributed by atoms with Gasteiger partial charge in [0.1, 0.15) is 5.82 Å². The highest BCUT2D eigenvalue weighted by Gasteiger charge is 2.62. The third-order valence-electron chi connectivity index (χ3n) is 7.71. The largest absolute Gasteiger partial charge is 0.378 e. The highest BCUT2D eigenvalue weighted by Crippen LogP contribution is 2.69. The van der Waals surface area contributed by atoms with E-state index in [0.29, 0.717) is 17.4 Å². The maximum atomic E-state index is 13.3. The number of nitrogens with one attached hydrogen (secondary N) is 1. The SMILES string of the molecule is CC12CC3CC(C)(C1)CC(C(=O)NCc1ccc(N4CCOCC4)nc1)(C3)C2. The van der Waals surface area contributed by atoms with Gasteiger partial charge in [0.15, 0.2) is 0 Å². The molecule has 0 spiro atoms. The van der Waals surface area contributed by atoms with Crippen LogP contribution in [0.2, 0.25) is 0 Å². The lowest BCUT2D eigenvalue weighted by molar-refractivity contribution is -0.170. The van der Waals surface area contributed by atoms with Crippen molar-refractivity contribution in [2.75, 3.05) is 31.2 Å². The molecule has 28 heavy (non-hydrogen) atoms. The van der Waals surface area contributed by atoms with E-state index in [-0.39, 0.29) is 11.3 Å². The Morgan fingerprint density at radius 1 is 1.14 bits per heavy atom. The zero-order valence-corrected chi connectivity index (χ0v) is 17.3. The first-order valence-corrected chi connectivity index (χ1v) is 10.9. The molecule has 0 aromatic carbocycles. The van der Waals surface area contributed by atoms with E-state index >= 15 is 0 Å². The van der Waals surface area contributed by atoms with Crippen molar-refractivity contribution in [3.63, 3.8) is 0 Å². The van der Waals surface area contributed by atoms with Crippen molar-refractivity contribution in [2.45, 2.75) is 58.9 Å². The number of hydrogen-bond acceptors (Lipinski definition) is 4. The Balaban J connectivity index is 1.24. The molecule has 1 N–H and O–H groups in total. The van der Waals surface area contributed by atoms with E-state index in [1.165, 1.54) is 19.3 Å². The summed E-state index contributed by atoms with van der Waals surface area (Å²) in [6.45, 7) is 8.74. The molecule has 152 valence electrons. The zero-order valence-electron chi connectivity index (χ0n) is 17.3. The van der Waals surface area contributed by atoms with Crippen LogP contribution in [-0.4, -0.2) is 37.2 Å². The molecule has 4 saturated carbocycles. The van der Waals surface area contributed by atoms with Gasteiger partial charge in [-0.15, -0.1) is 0 Å². The number of nitrogens with zero attached hydrogens (tertiary/aromatic N) is 2. The summed E-state index contributed by atoms with van der Waals surface area (Å²) in [5.74, 6) is 2.03. The van der Waals surface area contributed by atoms with Crippen LogP contribution in [0.4, 0.5) is 5.82 Å². The Morgan fingerprint density at radius 2 is 1.86 bits per heavy atom. The third-order valence-corrected chi connectivity index (χ3v) is 7.71. The Bertz CT molecular complexity index is 738. The van der Waals surface area contributed by atoms with E-state index in [0.717, 1.165) is 62.9 Å². The lowest BCUT2D eigenvalue weighted by Gasteiger charge is -2.64. The molecule has 2 heterocycles. The molecule has 1 aliphatic heterocycles. The second-order valence-corrected chi connectivity index (χ2v) is 10.7. The summed E-state index contributed by atoms with van der Waals surface area (Å²) in [6, 6.07) is 4.17. The lowest BCUT2D eigenvalue weighted by atomic mass is 9.40.